The molecule has 14 heavy (non-hydrogen) atoms. The van der Waals surface area contributed by atoms with Crippen LogP contribution in [-0.4, -0.2) is 11.6 Å². The third-order valence-corrected chi connectivity index (χ3v) is 3.97. The first-order valence-corrected chi connectivity index (χ1v) is 6.48. The van der Waals surface area contributed by atoms with Gasteiger partial charge in [0, 0.05) is 11.6 Å². The van der Waals surface area contributed by atoms with Crippen LogP contribution in [0.4, 0.5) is 0 Å². The third-order valence-electron chi connectivity index (χ3n) is 3.97. The first kappa shape index (κ1) is 12.0. The van der Waals surface area contributed by atoms with Crippen LogP contribution in [0.25, 0.3) is 0 Å². The summed E-state index contributed by atoms with van der Waals surface area (Å²) in [7, 11) is 0. The minimum Gasteiger partial charge on any atom is -0.309 e. The molecule has 0 heterocycles. The summed E-state index contributed by atoms with van der Waals surface area (Å²) in [5, 5.41) is 3.87. The molecule has 1 nitrogen and oxygen atoms in total. The fraction of sp³-hybridized carbons (Fsp3) is 1.00. The summed E-state index contributed by atoms with van der Waals surface area (Å²) in [5.74, 6) is 0. The summed E-state index contributed by atoms with van der Waals surface area (Å²) in [5.41, 5.74) is 0.384. The van der Waals surface area contributed by atoms with Gasteiger partial charge < -0.3 is 5.32 Å². The molecule has 84 valence electrons. The predicted octanol–water partition coefficient (Wildman–Crippen LogP) is 3.88. The van der Waals surface area contributed by atoms with Gasteiger partial charge in [0.15, 0.2) is 0 Å². The normalized spacial score (nSPS) is 20.8. The molecule has 1 aliphatic carbocycles. The van der Waals surface area contributed by atoms with E-state index in [2.05, 4.69) is 26.1 Å². The summed E-state index contributed by atoms with van der Waals surface area (Å²) in [6, 6.07) is 0.794. The molecule has 1 heteroatoms. The lowest BCUT2D eigenvalue weighted by Gasteiger charge is -2.33. The molecule has 0 amide bonds. The third kappa shape index (κ3) is 3.61. The van der Waals surface area contributed by atoms with E-state index < -0.39 is 0 Å². The Bertz CT molecular complexity index is 141. The zero-order valence-corrected chi connectivity index (χ0v) is 10.2. The van der Waals surface area contributed by atoms with E-state index in [0.717, 1.165) is 6.04 Å². The highest BCUT2D eigenvalue weighted by molar-refractivity contribution is 4.84. The van der Waals surface area contributed by atoms with E-state index in [1.165, 1.54) is 51.4 Å². The minimum absolute atomic E-state index is 0.384. The Balaban J connectivity index is 2.39. The van der Waals surface area contributed by atoms with Crippen molar-refractivity contribution in [3.05, 3.63) is 0 Å². The molecule has 0 atom stereocenters. The lowest BCUT2D eigenvalue weighted by molar-refractivity contribution is 0.274. The Morgan fingerprint density at radius 1 is 1.00 bits per heavy atom. The van der Waals surface area contributed by atoms with E-state index in [4.69, 9.17) is 0 Å². The van der Waals surface area contributed by atoms with E-state index in [0.29, 0.717) is 5.54 Å². The van der Waals surface area contributed by atoms with E-state index in [1.54, 1.807) is 0 Å². The molecule has 0 saturated heterocycles. The standard InChI is InChI=1S/C13H27N/c1-4-13(3,5-2)14-12-10-8-6-7-9-11-12/h12,14H,4-11H2,1-3H3. The molecular weight excluding hydrogens is 170 g/mol. The highest BCUT2D eigenvalue weighted by atomic mass is 15.0. The van der Waals surface area contributed by atoms with Gasteiger partial charge in [-0.3, -0.25) is 0 Å². The highest BCUT2D eigenvalue weighted by Gasteiger charge is 2.23. The SMILES string of the molecule is CCC(C)(CC)NC1CCCCCC1. The maximum Gasteiger partial charge on any atom is 0.0150 e. The van der Waals surface area contributed by atoms with Crippen molar-refractivity contribution in [3.63, 3.8) is 0 Å². The number of hydrogen-bond acceptors (Lipinski definition) is 1. The second-order valence-electron chi connectivity index (χ2n) is 5.10. The largest absolute Gasteiger partial charge is 0.309 e. The van der Waals surface area contributed by atoms with Crippen LogP contribution >= 0.6 is 0 Å². The van der Waals surface area contributed by atoms with Crippen molar-refractivity contribution in [2.75, 3.05) is 0 Å². The molecule has 0 bridgehead atoms. The van der Waals surface area contributed by atoms with Crippen molar-refractivity contribution >= 4 is 0 Å². The van der Waals surface area contributed by atoms with Crippen LogP contribution in [0, 0.1) is 0 Å². The molecule has 0 aliphatic heterocycles. The van der Waals surface area contributed by atoms with Crippen LogP contribution in [0.1, 0.15) is 72.1 Å². The molecule has 0 aromatic rings. The molecular formula is C13H27N. The Kier molecular flexibility index (Phi) is 4.94. The quantitative estimate of drug-likeness (QED) is 0.674. The van der Waals surface area contributed by atoms with Crippen LogP contribution in [0.15, 0.2) is 0 Å². The van der Waals surface area contributed by atoms with Gasteiger partial charge in [-0.2, -0.15) is 0 Å². The summed E-state index contributed by atoms with van der Waals surface area (Å²) >= 11 is 0. The summed E-state index contributed by atoms with van der Waals surface area (Å²) in [6.45, 7) is 6.97. The topological polar surface area (TPSA) is 12.0 Å². The highest BCUT2D eigenvalue weighted by Crippen LogP contribution is 2.22. The van der Waals surface area contributed by atoms with Crippen molar-refractivity contribution < 1.29 is 0 Å². The van der Waals surface area contributed by atoms with E-state index in [9.17, 15) is 0 Å². The fourth-order valence-corrected chi connectivity index (χ4v) is 2.37. The van der Waals surface area contributed by atoms with Crippen molar-refractivity contribution in [2.45, 2.75) is 83.7 Å². The maximum absolute atomic E-state index is 3.87. The molecule has 1 N–H and O–H groups in total. The lowest BCUT2D eigenvalue weighted by atomic mass is 9.93. The van der Waals surface area contributed by atoms with Gasteiger partial charge in [0.25, 0.3) is 0 Å². The van der Waals surface area contributed by atoms with Crippen molar-refractivity contribution in [3.8, 4) is 0 Å². The zero-order valence-electron chi connectivity index (χ0n) is 10.2. The molecule has 1 fully saturated rings. The first-order valence-electron chi connectivity index (χ1n) is 6.48. The van der Waals surface area contributed by atoms with Crippen LogP contribution in [-0.2, 0) is 0 Å². The van der Waals surface area contributed by atoms with Gasteiger partial charge >= 0.3 is 0 Å². The van der Waals surface area contributed by atoms with Crippen molar-refractivity contribution in [2.24, 2.45) is 0 Å². The van der Waals surface area contributed by atoms with Crippen LogP contribution in [0.5, 0.6) is 0 Å². The van der Waals surface area contributed by atoms with Crippen molar-refractivity contribution in [1.29, 1.82) is 0 Å². The summed E-state index contributed by atoms with van der Waals surface area (Å²) < 4.78 is 0. The molecule has 0 radical (unpaired) electrons. The molecule has 0 aromatic carbocycles. The minimum atomic E-state index is 0.384. The average Bonchev–Trinajstić information content (AvgIpc) is 2.46. The Labute approximate surface area is 89.7 Å². The fourth-order valence-electron chi connectivity index (χ4n) is 2.37. The Morgan fingerprint density at radius 2 is 1.50 bits per heavy atom. The van der Waals surface area contributed by atoms with E-state index >= 15 is 0 Å². The molecule has 0 unspecified atom stereocenters. The maximum atomic E-state index is 3.87. The number of hydrogen-bond donors (Lipinski definition) is 1. The van der Waals surface area contributed by atoms with Gasteiger partial charge in [-0.05, 0) is 32.6 Å². The zero-order chi connectivity index (χ0) is 10.4. The number of rotatable bonds is 4. The molecule has 0 aromatic heterocycles. The van der Waals surface area contributed by atoms with Gasteiger partial charge in [0.2, 0.25) is 0 Å². The average molecular weight is 197 g/mol. The predicted molar refractivity (Wildman–Crippen MR) is 63.6 cm³/mol. The van der Waals surface area contributed by atoms with Gasteiger partial charge in [-0.1, -0.05) is 39.5 Å². The van der Waals surface area contributed by atoms with E-state index in [-0.39, 0.29) is 0 Å². The second-order valence-corrected chi connectivity index (χ2v) is 5.10. The molecule has 1 saturated carbocycles. The lowest BCUT2D eigenvalue weighted by Crippen LogP contribution is -2.47. The van der Waals surface area contributed by atoms with E-state index in [1.807, 2.05) is 0 Å². The van der Waals surface area contributed by atoms with Gasteiger partial charge in [-0.15, -0.1) is 0 Å². The van der Waals surface area contributed by atoms with Gasteiger partial charge in [0.1, 0.15) is 0 Å². The first-order chi connectivity index (χ1) is 6.70. The second kappa shape index (κ2) is 5.75. The van der Waals surface area contributed by atoms with Gasteiger partial charge in [-0.25, -0.2) is 0 Å². The molecule has 0 spiro atoms. The van der Waals surface area contributed by atoms with Crippen LogP contribution in [0.3, 0.4) is 0 Å². The molecule has 1 rings (SSSR count). The van der Waals surface area contributed by atoms with Crippen LogP contribution < -0.4 is 5.32 Å². The Hall–Kier alpha value is -0.0400. The summed E-state index contributed by atoms with van der Waals surface area (Å²) in [4.78, 5) is 0. The monoisotopic (exact) mass is 197 g/mol. The van der Waals surface area contributed by atoms with Crippen LogP contribution in [0.2, 0.25) is 0 Å². The smallest absolute Gasteiger partial charge is 0.0150 e. The Morgan fingerprint density at radius 3 is 1.93 bits per heavy atom. The summed E-state index contributed by atoms with van der Waals surface area (Å²) in [6.07, 6.45) is 11.1. The van der Waals surface area contributed by atoms with Gasteiger partial charge in [0.05, 0.1) is 0 Å². The molecule has 1 aliphatic rings. The van der Waals surface area contributed by atoms with Crippen molar-refractivity contribution in [1.82, 2.24) is 5.32 Å². The number of nitrogens with one attached hydrogen (secondary N) is 1.